The van der Waals surface area contributed by atoms with E-state index in [0.29, 0.717) is 17.3 Å². The van der Waals surface area contributed by atoms with Gasteiger partial charge in [0.15, 0.2) is 5.69 Å². The zero-order valence-corrected chi connectivity index (χ0v) is 9.01. The molecule has 0 aromatic carbocycles. The number of nitrogens with one attached hydrogen (secondary N) is 1. The van der Waals surface area contributed by atoms with Gasteiger partial charge in [0.25, 0.3) is 0 Å². The molecule has 0 atom stereocenters. The largest absolute Gasteiger partial charge is 0.479 e. The van der Waals surface area contributed by atoms with Gasteiger partial charge in [0, 0.05) is 25.5 Å². The first-order valence-corrected chi connectivity index (χ1v) is 4.70. The zero-order chi connectivity index (χ0) is 11.4. The van der Waals surface area contributed by atoms with Gasteiger partial charge in [0.1, 0.15) is 12.1 Å². The monoisotopic (exact) mass is 217 g/mol. The zero-order valence-electron chi connectivity index (χ0n) is 9.01. The third kappa shape index (κ3) is 1.90. The minimum Gasteiger partial charge on any atom is -0.479 e. The van der Waals surface area contributed by atoms with Gasteiger partial charge in [-0.2, -0.15) is 0 Å². The van der Waals surface area contributed by atoms with E-state index in [1.54, 1.807) is 32.6 Å². The molecule has 0 unspecified atom stereocenters. The normalized spacial score (nSPS) is 9.88. The van der Waals surface area contributed by atoms with E-state index in [2.05, 4.69) is 25.3 Å². The molecule has 0 aliphatic rings. The summed E-state index contributed by atoms with van der Waals surface area (Å²) in [5.74, 6) is 1.17. The van der Waals surface area contributed by atoms with Gasteiger partial charge >= 0.3 is 0 Å². The Kier molecular flexibility index (Phi) is 2.90. The highest BCUT2D eigenvalue weighted by atomic mass is 16.5. The van der Waals surface area contributed by atoms with E-state index in [0.717, 1.165) is 5.82 Å². The van der Waals surface area contributed by atoms with Crippen molar-refractivity contribution in [1.82, 2.24) is 19.9 Å². The van der Waals surface area contributed by atoms with Crippen LogP contribution in [0.4, 0.5) is 5.82 Å². The van der Waals surface area contributed by atoms with Crippen molar-refractivity contribution < 1.29 is 4.74 Å². The topological polar surface area (TPSA) is 72.8 Å². The van der Waals surface area contributed by atoms with Crippen molar-refractivity contribution in [2.75, 3.05) is 19.5 Å². The van der Waals surface area contributed by atoms with Crippen molar-refractivity contribution >= 4 is 5.82 Å². The quantitative estimate of drug-likeness (QED) is 0.826. The summed E-state index contributed by atoms with van der Waals surface area (Å²) in [4.78, 5) is 16.4. The molecule has 0 bridgehead atoms. The van der Waals surface area contributed by atoms with E-state index in [9.17, 15) is 0 Å². The third-order valence-corrected chi connectivity index (χ3v) is 2.02. The van der Waals surface area contributed by atoms with E-state index >= 15 is 0 Å². The Balaban J connectivity index is 2.49. The molecule has 0 amide bonds. The van der Waals surface area contributed by atoms with Gasteiger partial charge in [-0.25, -0.2) is 19.9 Å². The molecule has 2 aromatic heterocycles. The summed E-state index contributed by atoms with van der Waals surface area (Å²) in [6, 6.07) is 1.78. The van der Waals surface area contributed by atoms with E-state index in [4.69, 9.17) is 4.74 Å². The molecule has 2 heterocycles. The second-order valence-corrected chi connectivity index (χ2v) is 2.95. The molecule has 6 heteroatoms. The van der Waals surface area contributed by atoms with E-state index in [1.807, 2.05) is 0 Å². The van der Waals surface area contributed by atoms with Gasteiger partial charge in [-0.15, -0.1) is 0 Å². The van der Waals surface area contributed by atoms with Crippen molar-refractivity contribution in [3.63, 3.8) is 0 Å². The van der Waals surface area contributed by atoms with Gasteiger partial charge < -0.3 is 10.1 Å². The van der Waals surface area contributed by atoms with E-state index in [1.165, 1.54) is 6.33 Å². The number of ether oxygens (including phenoxy) is 1. The van der Waals surface area contributed by atoms with Crippen LogP contribution in [0.25, 0.3) is 11.4 Å². The molecule has 2 aromatic rings. The van der Waals surface area contributed by atoms with Crippen LogP contribution in [0, 0.1) is 0 Å². The Morgan fingerprint density at radius 3 is 2.69 bits per heavy atom. The number of nitrogens with zero attached hydrogens (tertiary/aromatic N) is 4. The lowest BCUT2D eigenvalue weighted by molar-refractivity contribution is 0.397. The van der Waals surface area contributed by atoms with Crippen molar-refractivity contribution in [2.45, 2.75) is 0 Å². The average Bonchev–Trinajstić information content (AvgIpc) is 2.38. The van der Waals surface area contributed by atoms with Crippen molar-refractivity contribution in [3.8, 4) is 17.3 Å². The Hall–Kier alpha value is -2.24. The lowest BCUT2D eigenvalue weighted by atomic mass is 10.3. The Morgan fingerprint density at radius 2 is 1.94 bits per heavy atom. The van der Waals surface area contributed by atoms with Crippen molar-refractivity contribution in [3.05, 3.63) is 24.8 Å². The molecule has 0 saturated heterocycles. The molecule has 16 heavy (non-hydrogen) atoms. The number of methoxy groups -OCH3 is 1. The predicted octanol–water partition coefficient (Wildman–Crippen LogP) is 0.984. The summed E-state index contributed by atoms with van der Waals surface area (Å²) in [7, 11) is 3.34. The highest BCUT2D eigenvalue weighted by Gasteiger charge is 2.09. The SMILES string of the molecule is CNc1cc(-c2nccnc2OC)ncn1. The summed E-state index contributed by atoms with van der Waals surface area (Å²) in [6.07, 6.45) is 4.64. The van der Waals surface area contributed by atoms with Gasteiger partial charge in [-0.3, -0.25) is 0 Å². The molecule has 0 aliphatic carbocycles. The molecule has 6 nitrogen and oxygen atoms in total. The van der Waals surface area contributed by atoms with Crippen LogP contribution in [0.5, 0.6) is 5.88 Å². The molecular weight excluding hydrogens is 206 g/mol. The van der Waals surface area contributed by atoms with E-state index < -0.39 is 0 Å². The summed E-state index contributed by atoms with van der Waals surface area (Å²) >= 11 is 0. The van der Waals surface area contributed by atoms with Crippen LogP contribution in [-0.4, -0.2) is 34.1 Å². The first-order valence-electron chi connectivity index (χ1n) is 4.70. The summed E-state index contributed by atoms with van der Waals surface area (Å²) in [5, 5.41) is 2.93. The smallest absolute Gasteiger partial charge is 0.241 e. The fourth-order valence-corrected chi connectivity index (χ4v) is 1.27. The van der Waals surface area contributed by atoms with Crippen LogP contribution in [0.2, 0.25) is 0 Å². The molecule has 82 valence electrons. The van der Waals surface area contributed by atoms with Crippen LogP contribution >= 0.6 is 0 Å². The second kappa shape index (κ2) is 4.52. The molecule has 1 N–H and O–H groups in total. The summed E-state index contributed by atoms with van der Waals surface area (Å²) < 4.78 is 5.12. The highest BCUT2D eigenvalue weighted by molar-refractivity contribution is 5.62. The molecule has 0 spiro atoms. The Labute approximate surface area is 92.8 Å². The lowest BCUT2D eigenvalue weighted by Crippen LogP contribution is -1.98. The first-order chi connectivity index (χ1) is 7.85. The maximum atomic E-state index is 5.12. The third-order valence-electron chi connectivity index (χ3n) is 2.02. The Bertz CT molecular complexity index is 488. The van der Waals surface area contributed by atoms with Crippen LogP contribution in [0.1, 0.15) is 0 Å². The Morgan fingerprint density at radius 1 is 1.12 bits per heavy atom. The van der Waals surface area contributed by atoms with Crippen LogP contribution in [0.3, 0.4) is 0 Å². The van der Waals surface area contributed by atoms with Gasteiger partial charge in [-0.1, -0.05) is 0 Å². The first kappa shape index (κ1) is 10.3. The molecular formula is C10H11N5O. The maximum absolute atomic E-state index is 5.12. The minimum atomic E-state index is 0.447. The number of anilines is 1. The summed E-state index contributed by atoms with van der Waals surface area (Å²) in [6.45, 7) is 0. The number of hydrogen-bond donors (Lipinski definition) is 1. The number of aromatic nitrogens is 4. The van der Waals surface area contributed by atoms with Crippen LogP contribution in [0.15, 0.2) is 24.8 Å². The lowest BCUT2D eigenvalue weighted by Gasteiger charge is -2.05. The second-order valence-electron chi connectivity index (χ2n) is 2.95. The summed E-state index contributed by atoms with van der Waals surface area (Å²) in [5.41, 5.74) is 1.27. The minimum absolute atomic E-state index is 0.447. The van der Waals surface area contributed by atoms with E-state index in [-0.39, 0.29) is 0 Å². The number of rotatable bonds is 3. The molecule has 0 aliphatic heterocycles. The fraction of sp³-hybridized carbons (Fsp3) is 0.200. The maximum Gasteiger partial charge on any atom is 0.241 e. The van der Waals surface area contributed by atoms with Crippen LogP contribution in [-0.2, 0) is 0 Å². The van der Waals surface area contributed by atoms with Crippen molar-refractivity contribution in [1.29, 1.82) is 0 Å². The van der Waals surface area contributed by atoms with Gasteiger partial charge in [-0.05, 0) is 0 Å². The highest BCUT2D eigenvalue weighted by Crippen LogP contribution is 2.23. The molecule has 0 radical (unpaired) electrons. The van der Waals surface area contributed by atoms with Gasteiger partial charge in [0.2, 0.25) is 5.88 Å². The molecule has 0 fully saturated rings. The molecule has 2 rings (SSSR count). The number of hydrogen-bond acceptors (Lipinski definition) is 6. The molecule has 0 saturated carbocycles. The van der Waals surface area contributed by atoms with Crippen molar-refractivity contribution in [2.24, 2.45) is 0 Å². The standard InChI is InChI=1S/C10H11N5O/c1-11-8-5-7(14-6-15-8)9-10(16-2)13-4-3-12-9/h3-6H,1-2H3,(H,11,14,15). The van der Waals surface area contributed by atoms with Crippen LogP contribution < -0.4 is 10.1 Å². The average molecular weight is 217 g/mol. The predicted molar refractivity (Wildman–Crippen MR) is 59.2 cm³/mol. The fourth-order valence-electron chi connectivity index (χ4n) is 1.27. The van der Waals surface area contributed by atoms with Gasteiger partial charge in [0.05, 0.1) is 12.8 Å².